The maximum Gasteiger partial charge on any atom is 0.414 e. The molecule has 0 aliphatic rings. The van der Waals surface area contributed by atoms with E-state index < -0.39 is 59.5 Å². The molecule has 5 N–H and O–H groups in total. The number of benzene rings is 3. The van der Waals surface area contributed by atoms with Crippen molar-refractivity contribution in [2.75, 3.05) is 25.0 Å². The van der Waals surface area contributed by atoms with Crippen molar-refractivity contribution in [3.63, 3.8) is 0 Å². The molecule has 16 heteroatoms. The van der Waals surface area contributed by atoms with E-state index in [0.29, 0.717) is 6.29 Å². The minimum absolute atomic E-state index is 0.00447. The number of oxime groups is 1. The van der Waals surface area contributed by atoms with Crippen LogP contribution >= 0.6 is 11.6 Å². The lowest BCUT2D eigenvalue weighted by molar-refractivity contribution is -0.109. The van der Waals surface area contributed by atoms with Crippen LogP contribution in [0.3, 0.4) is 0 Å². The second-order valence-electron chi connectivity index (χ2n) is 10.4. The molecule has 242 valence electrons. The van der Waals surface area contributed by atoms with Crippen LogP contribution in [0.5, 0.6) is 0 Å². The van der Waals surface area contributed by atoms with Crippen LogP contribution in [0.25, 0.3) is 10.8 Å². The molecule has 1 unspecified atom stereocenters. The second-order valence-corrected chi connectivity index (χ2v) is 10.8. The number of carboxylic acid groups (broad SMARTS) is 1. The third-order valence-corrected chi connectivity index (χ3v) is 6.23. The van der Waals surface area contributed by atoms with Crippen LogP contribution in [0.2, 0.25) is 5.02 Å². The molecule has 0 bridgehead atoms. The number of hydrogen-bond donors (Lipinski definition) is 5. The highest BCUT2D eigenvalue weighted by Gasteiger charge is 2.34. The summed E-state index contributed by atoms with van der Waals surface area (Å²) < 4.78 is 65.1. The molecule has 3 aromatic rings. The van der Waals surface area contributed by atoms with Crippen molar-refractivity contribution in [2.45, 2.75) is 38.3 Å². The van der Waals surface area contributed by atoms with E-state index in [4.69, 9.17) is 26.3 Å². The molecule has 0 radical (unpaired) electrons. The number of carbonyl (C=O) groups is 3. The molecule has 3 rings (SSSR count). The quantitative estimate of drug-likeness (QED) is 0.0429. The van der Waals surface area contributed by atoms with Gasteiger partial charge in [0.1, 0.15) is 24.3 Å². The number of alkyl carbamates (subject to hydrolysis) is 1. The molecule has 0 saturated heterocycles. The number of amides is 2. The van der Waals surface area contributed by atoms with Crippen LogP contribution < -0.4 is 21.3 Å². The van der Waals surface area contributed by atoms with Gasteiger partial charge in [0.05, 0.1) is 18.3 Å². The van der Waals surface area contributed by atoms with Crippen LogP contribution in [-0.2, 0) is 20.3 Å². The minimum atomic E-state index is -3.55. The summed E-state index contributed by atoms with van der Waals surface area (Å²) in [7, 11) is 0. The van der Waals surface area contributed by atoms with Crippen molar-refractivity contribution in [2.24, 2.45) is 5.16 Å². The molecule has 0 aliphatic heterocycles. The van der Waals surface area contributed by atoms with Crippen molar-refractivity contribution in [3.05, 3.63) is 76.3 Å². The molecule has 0 heterocycles. The van der Waals surface area contributed by atoms with Gasteiger partial charge >= 0.3 is 12.2 Å². The Morgan fingerprint density at radius 1 is 1.04 bits per heavy atom. The van der Waals surface area contributed by atoms with Crippen LogP contribution in [0.15, 0.2) is 53.7 Å². The normalized spacial score (nSPS) is 12.8. The molecule has 0 saturated carbocycles. The van der Waals surface area contributed by atoms with Gasteiger partial charge < -0.3 is 30.1 Å². The Kier molecular flexibility index (Phi) is 11.5. The molecule has 11 nitrogen and oxygen atoms in total. The van der Waals surface area contributed by atoms with E-state index in [0.717, 1.165) is 18.2 Å². The van der Waals surface area contributed by atoms with E-state index in [1.165, 1.54) is 30.3 Å². The van der Waals surface area contributed by atoms with Crippen LogP contribution in [0, 0.1) is 11.6 Å². The maximum absolute atomic E-state index is 15.5. The van der Waals surface area contributed by atoms with Crippen molar-refractivity contribution < 1.29 is 46.6 Å². The van der Waals surface area contributed by atoms with Gasteiger partial charge in [-0.2, -0.15) is 8.78 Å². The Morgan fingerprint density at radius 3 is 2.38 bits per heavy atom. The second kappa shape index (κ2) is 14.9. The highest BCUT2D eigenvalue weighted by atomic mass is 35.5. The number of aldehydes is 1. The molecule has 0 aliphatic carbocycles. The Bertz CT molecular complexity index is 1580. The largest absolute Gasteiger partial charge is 0.465 e. The zero-order chi connectivity index (χ0) is 33.4. The van der Waals surface area contributed by atoms with Gasteiger partial charge in [-0.1, -0.05) is 35.9 Å². The average Bonchev–Trinajstić information content (AvgIpc) is 2.94. The fourth-order valence-corrected chi connectivity index (χ4v) is 4.30. The number of rotatable bonds is 11. The molecule has 2 amide bonds. The third kappa shape index (κ3) is 9.68. The van der Waals surface area contributed by atoms with Crippen molar-refractivity contribution in [3.8, 4) is 0 Å². The fraction of sp³-hybridized carbons (Fsp3) is 0.310. The lowest BCUT2D eigenvalue weighted by atomic mass is 9.99. The lowest BCUT2D eigenvalue weighted by Crippen LogP contribution is -2.45. The first-order chi connectivity index (χ1) is 21.1. The lowest BCUT2D eigenvalue weighted by Gasteiger charge is -2.22. The molecule has 1 atom stereocenters. The van der Waals surface area contributed by atoms with E-state index in [-0.39, 0.29) is 40.2 Å². The van der Waals surface area contributed by atoms with Gasteiger partial charge in [-0.05, 0) is 55.6 Å². The monoisotopic (exact) mass is 655 g/mol. The molecule has 0 aromatic heterocycles. The first-order valence-corrected chi connectivity index (χ1v) is 13.7. The molecular weight excluding hydrogens is 626 g/mol. The van der Waals surface area contributed by atoms with E-state index in [2.05, 4.69) is 21.1 Å². The Balaban J connectivity index is 1.67. The molecule has 3 aromatic carbocycles. The van der Waals surface area contributed by atoms with Gasteiger partial charge in [0.15, 0.2) is 5.82 Å². The molecule has 0 spiro atoms. The summed E-state index contributed by atoms with van der Waals surface area (Å²) in [5.74, 6) is -5.89. The summed E-state index contributed by atoms with van der Waals surface area (Å²) >= 11 is 6.15. The number of halogens is 5. The summed E-state index contributed by atoms with van der Waals surface area (Å²) in [6, 6.07) is 8.65. The van der Waals surface area contributed by atoms with Crippen molar-refractivity contribution in [1.82, 2.24) is 16.0 Å². The van der Waals surface area contributed by atoms with E-state index in [1.54, 1.807) is 20.8 Å². The number of nitrogens with one attached hydrogen (secondary N) is 4. The van der Waals surface area contributed by atoms with Crippen LogP contribution in [0.4, 0.5) is 32.8 Å². The SMILES string of the molecule is CC(C)(C)OC(=O)NC(=NOCCNC(C=O)c1c(Cl)ccc(NCC(F)(F)c2ccc(F)c3ccccc23)c1F)NC(=O)O. The average molecular weight is 656 g/mol. The van der Waals surface area contributed by atoms with Gasteiger partial charge in [-0.3, -0.25) is 10.6 Å². The van der Waals surface area contributed by atoms with E-state index in [9.17, 15) is 18.8 Å². The van der Waals surface area contributed by atoms with Crippen molar-refractivity contribution >= 4 is 52.5 Å². The smallest absolute Gasteiger partial charge is 0.414 e. The highest BCUT2D eigenvalue weighted by Crippen LogP contribution is 2.36. The predicted octanol–water partition coefficient (Wildman–Crippen LogP) is 5.88. The highest BCUT2D eigenvalue weighted by molar-refractivity contribution is 6.31. The Hall–Kier alpha value is -4.63. The number of hydrogen-bond acceptors (Lipinski definition) is 8. The Labute approximate surface area is 259 Å². The summed E-state index contributed by atoms with van der Waals surface area (Å²) in [5, 5.41) is 21.1. The topological polar surface area (TPSA) is 150 Å². The number of alkyl halides is 2. The predicted molar refractivity (Wildman–Crippen MR) is 158 cm³/mol. The van der Waals surface area contributed by atoms with Gasteiger partial charge in [-0.25, -0.2) is 18.4 Å². The summed E-state index contributed by atoms with van der Waals surface area (Å²) in [5.41, 5.74) is -2.04. The van der Waals surface area contributed by atoms with Crippen molar-refractivity contribution in [1.29, 1.82) is 0 Å². The number of nitrogens with zero attached hydrogens (tertiary/aromatic N) is 1. The first kappa shape index (κ1) is 34.9. The number of fused-ring (bicyclic) bond motifs is 1. The van der Waals surface area contributed by atoms with Gasteiger partial charge in [-0.15, -0.1) is 0 Å². The van der Waals surface area contributed by atoms with Gasteiger partial charge in [0.25, 0.3) is 11.9 Å². The maximum atomic E-state index is 15.5. The van der Waals surface area contributed by atoms with Gasteiger partial charge in [0.2, 0.25) is 0 Å². The van der Waals surface area contributed by atoms with Crippen LogP contribution in [0.1, 0.15) is 37.9 Å². The summed E-state index contributed by atoms with van der Waals surface area (Å²) in [6.45, 7) is 3.24. The first-order valence-electron chi connectivity index (χ1n) is 13.3. The van der Waals surface area contributed by atoms with E-state index >= 15 is 13.2 Å². The number of guanidine groups is 1. The summed E-state index contributed by atoms with van der Waals surface area (Å²) in [6.07, 6.45) is -2.24. The van der Waals surface area contributed by atoms with Gasteiger partial charge in [0, 0.05) is 28.1 Å². The van der Waals surface area contributed by atoms with Crippen LogP contribution in [-0.4, -0.2) is 54.8 Å². The molecular formula is C29H30ClF4N5O6. The minimum Gasteiger partial charge on any atom is -0.465 e. The third-order valence-electron chi connectivity index (χ3n) is 5.90. The van der Waals surface area contributed by atoms with E-state index in [1.807, 2.05) is 5.32 Å². The Morgan fingerprint density at radius 2 is 1.73 bits per heavy atom. The zero-order valence-electron chi connectivity index (χ0n) is 24.2. The summed E-state index contributed by atoms with van der Waals surface area (Å²) in [4.78, 5) is 39.7. The fourth-order valence-electron chi connectivity index (χ4n) is 4.04. The molecule has 0 fully saturated rings. The zero-order valence-corrected chi connectivity index (χ0v) is 25.0. The number of anilines is 1. The number of carbonyl (C=O) groups excluding carboxylic acids is 2. The number of ether oxygens (including phenoxy) is 1. The molecule has 45 heavy (non-hydrogen) atoms. The standard InChI is InChI=1S/C29H30ClF4N5O6/c1-28(2,3)45-27(43)38-25(37-26(41)42)39-44-13-12-35-22(14-40)23-19(30)9-11-21(24(23)32)36-15-29(33,34)18-8-10-20(31)17-7-5-4-6-16(17)18/h4-11,14,22,35-36H,12-13,15H2,1-3H3,(H,41,42)(H2,37,38,39,43).